The topological polar surface area (TPSA) is 45.7 Å². The molecule has 1 aliphatic heterocycles. The lowest BCUT2D eigenvalue weighted by Crippen LogP contribution is -2.69. The zero-order valence-electron chi connectivity index (χ0n) is 15.5. The summed E-state index contributed by atoms with van der Waals surface area (Å²) in [5, 5.41) is 9.51. The second kappa shape index (κ2) is 7.28. The molecule has 1 spiro atoms. The van der Waals surface area contributed by atoms with Crippen molar-refractivity contribution in [3.63, 3.8) is 0 Å². The van der Waals surface area contributed by atoms with Crippen LogP contribution in [-0.4, -0.2) is 38.3 Å². The van der Waals surface area contributed by atoms with Crippen LogP contribution in [0.15, 0.2) is 22.5 Å². The number of ether oxygens (including phenoxy) is 1. The highest BCUT2D eigenvalue weighted by Crippen LogP contribution is 2.60. The summed E-state index contributed by atoms with van der Waals surface area (Å²) in [4.78, 5) is 5.97. The summed E-state index contributed by atoms with van der Waals surface area (Å²) in [6, 6.07) is 4.91. The van der Waals surface area contributed by atoms with Gasteiger partial charge < -0.3 is 15.4 Å². The van der Waals surface area contributed by atoms with Crippen molar-refractivity contribution < 1.29 is 4.74 Å². The minimum Gasteiger partial charge on any atom is -0.377 e. The van der Waals surface area contributed by atoms with Crippen molar-refractivity contribution in [3.8, 4) is 0 Å². The number of hydrogen-bond donors (Lipinski definition) is 2. The molecule has 0 radical (unpaired) electrons. The molecule has 0 amide bonds. The Morgan fingerprint density at radius 1 is 1.44 bits per heavy atom. The van der Waals surface area contributed by atoms with E-state index in [4.69, 9.17) is 4.74 Å². The summed E-state index contributed by atoms with van der Waals surface area (Å²) in [5.41, 5.74) is 0.376. The monoisotopic (exact) mass is 361 g/mol. The van der Waals surface area contributed by atoms with Gasteiger partial charge in [-0.15, -0.1) is 11.3 Å². The van der Waals surface area contributed by atoms with Crippen molar-refractivity contribution in [1.29, 1.82) is 0 Å². The minimum absolute atomic E-state index is 0.376. The van der Waals surface area contributed by atoms with E-state index in [-0.39, 0.29) is 0 Å². The molecule has 0 bridgehead atoms. The molecule has 0 aromatic carbocycles. The van der Waals surface area contributed by atoms with Gasteiger partial charge in [0.25, 0.3) is 0 Å². The quantitative estimate of drug-likeness (QED) is 0.624. The third-order valence-electron chi connectivity index (χ3n) is 6.55. The molecule has 2 N–H and O–H groups in total. The SMILES string of the molecule is CN=C(NCC(C)Cc1cccs1)NC1C2CCOC2C12CCCC2. The summed E-state index contributed by atoms with van der Waals surface area (Å²) in [5.74, 6) is 2.25. The molecule has 3 fully saturated rings. The Morgan fingerprint density at radius 2 is 2.28 bits per heavy atom. The van der Waals surface area contributed by atoms with E-state index < -0.39 is 0 Å². The third kappa shape index (κ3) is 3.21. The van der Waals surface area contributed by atoms with Gasteiger partial charge in [-0.3, -0.25) is 4.99 Å². The Bertz CT molecular complexity index is 594. The van der Waals surface area contributed by atoms with Gasteiger partial charge in [0.05, 0.1) is 6.10 Å². The highest BCUT2D eigenvalue weighted by atomic mass is 32.1. The normalized spacial score (nSPS) is 31.6. The van der Waals surface area contributed by atoms with E-state index in [1.54, 1.807) is 0 Å². The molecule has 2 aliphatic carbocycles. The number of nitrogens with one attached hydrogen (secondary N) is 2. The first-order valence-corrected chi connectivity index (χ1v) is 10.7. The Hall–Kier alpha value is -1.07. The molecule has 4 nitrogen and oxygen atoms in total. The molecule has 1 aromatic heterocycles. The van der Waals surface area contributed by atoms with E-state index in [0.717, 1.165) is 25.5 Å². The number of aliphatic imine (C=N–C) groups is 1. The van der Waals surface area contributed by atoms with E-state index in [1.807, 2.05) is 18.4 Å². The minimum atomic E-state index is 0.376. The number of fused-ring (bicyclic) bond motifs is 2. The summed E-state index contributed by atoms with van der Waals surface area (Å²) < 4.78 is 6.09. The molecular formula is C20H31N3OS. The van der Waals surface area contributed by atoms with Gasteiger partial charge in [0.15, 0.2) is 5.96 Å². The molecule has 2 heterocycles. The van der Waals surface area contributed by atoms with Crippen LogP contribution in [0.5, 0.6) is 0 Å². The van der Waals surface area contributed by atoms with Gasteiger partial charge >= 0.3 is 0 Å². The molecule has 138 valence electrons. The Balaban J connectivity index is 1.32. The van der Waals surface area contributed by atoms with Crippen LogP contribution in [0.25, 0.3) is 0 Å². The number of guanidine groups is 1. The number of nitrogens with zero attached hydrogens (tertiary/aromatic N) is 1. The zero-order chi connectivity index (χ0) is 17.3. The van der Waals surface area contributed by atoms with Crippen LogP contribution in [0, 0.1) is 17.3 Å². The maximum atomic E-state index is 6.09. The smallest absolute Gasteiger partial charge is 0.191 e. The molecule has 4 rings (SSSR count). The average Bonchev–Trinajstić information content (AvgIpc) is 3.35. The molecule has 2 saturated carbocycles. The van der Waals surface area contributed by atoms with Gasteiger partial charge in [-0.2, -0.15) is 0 Å². The highest BCUT2D eigenvalue weighted by molar-refractivity contribution is 7.09. The van der Waals surface area contributed by atoms with Crippen molar-refractivity contribution in [2.75, 3.05) is 20.2 Å². The van der Waals surface area contributed by atoms with Crippen molar-refractivity contribution >= 4 is 17.3 Å². The van der Waals surface area contributed by atoms with Crippen molar-refractivity contribution in [2.45, 2.75) is 57.6 Å². The van der Waals surface area contributed by atoms with Crippen LogP contribution < -0.4 is 10.6 Å². The molecule has 4 atom stereocenters. The van der Waals surface area contributed by atoms with Gasteiger partial charge in [0, 0.05) is 42.5 Å². The van der Waals surface area contributed by atoms with Crippen molar-refractivity contribution in [2.24, 2.45) is 22.2 Å². The van der Waals surface area contributed by atoms with E-state index in [9.17, 15) is 0 Å². The van der Waals surface area contributed by atoms with E-state index >= 15 is 0 Å². The maximum Gasteiger partial charge on any atom is 0.191 e. The summed E-state index contributed by atoms with van der Waals surface area (Å²) in [6.45, 7) is 4.21. The van der Waals surface area contributed by atoms with Gasteiger partial charge in [-0.25, -0.2) is 0 Å². The van der Waals surface area contributed by atoms with Gasteiger partial charge in [0.1, 0.15) is 0 Å². The first-order chi connectivity index (χ1) is 12.2. The molecule has 25 heavy (non-hydrogen) atoms. The predicted octanol–water partition coefficient (Wildman–Crippen LogP) is 3.44. The van der Waals surface area contributed by atoms with Crippen molar-refractivity contribution in [3.05, 3.63) is 22.4 Å². The fourth-order valence-corrected chi connectivity index (χ4v) is 6.23. The van der Waals surface area contributed by atoms with Crippen LogP contribution in [-0.2, 0) is 11.2 Å². The van der Waals surface area contributed by atoms with Crippen LogP contribution in [0.3, 0.4) is 0 Å². The second-order valence-electron chi connectivity index (χ2n) is 8.15. The molecule has 1 aromatic rings. The van der Waals surface area contributed by atoms with Gasteiger partial charge in [0.2, 0.25) is 0 Å². The standard InChI is InChI=1S/C20H31N3OS/c1-14(12-15-6-5-11-25-15)13-22-19(21-2)23-17-16-7-10-24-18(16)20(17)8-3-4-9-20/h5-6,11,14,16-18H,3-4,7-10,12-13H2,1-2H3,(H2,21,22,23). The van der Waals surface area contributed by atoms with Gasteiger partial charge in [-0.1, -0.05) is 25.8 Å². The summed E-state index contributed by atoms with van der Waals surface area (Å²) in [7, 11) is 1.89. The van der Waals surface area contributed by atoms with Crippen LogP contribution in [0.4, 0.5) is 0 Å². The average molecular weight is 362 g/mol. The molecule has 1 saturated heterocycles. The first kappa shape index (κ1) is 17.3. The lowest BCUT2D eigenvalue weighted by Gasteiger charge is -2.57. The van der Waals surface area contributed by atoms with Crippen LogP contribution in [0.2, 0.25) is 0 Å². The number of thiophene rings is 1. The summed E-state index contributed by atoms with van der Waals surface area (Å²) >= 11 is 1.85. The van der Waals surface area contributed by atoms with Gasteiger partial charge in [-0.05, 0) is 43.0 Å². The van der Waals surface area contributed by atoms with Crippen LogP contribution in [0.1, 0.15) is 43.9 Å². The molecule has 5 heteroatoms. The lowest BCUT2D eigenvalue weighted by atomic mass is 9.54. The summed E-state index contributed by atoms with van der Waals surface area (Å²) in [6.07, 6.45) is 8.19. The zero-order valence-corrected chi connectivity index (χ0v) is 16.3. The lowest BCUT2D eigenvalue weighted by molar-refractivity contribution is -0.125. The Kier molecular flexibility index (Phi) is 5.05. The van der Waals surface area contributed by atoms with E-state index in [2.05, 4.69) is 40.1 Å². The fraction of sp³-hybridized carbons (Fsp3) is 0.750. The maximum absolute atomic E-state index is 6.09. The number of rotatable bonds is 5. The number of hydrogen-bond acceptors (Lipinski definition) is 3. The molecule has 3 aliphatic rings. The largest absolute Gasteiger partial charge is 0.377 e. The Labute approximate surface area is 155 Å². The van der Waals surface area contributed by atoms with E-state index in [1.165, 1.54) is 37.0 Å². The predicted molar refractivity (Wildman–Crippen MR) is 104 cm³/mol. The third-order valence-corrected chi connectivity index (χ3v) is 7.45. The second-order valence-corrected chi connectivity index (χ2v) is 9.18. The Morgan fingerprint density at radius 3 is 3.00 bits per heavy atom. The van der Waals surface area contributed by atoms with E-state index in [0.29, 0.717) is 29.4 Å². The molecule has 4 unspecified atom stereocenters. The molecular weight excluding hydrogens is 330 g/mol. The van der Waals surface area contributed by atoms with Crippen molar-refractivity contribution in [1.82, 2.24) is 10.6 Å². The first-order valence-electron chi connectivity index (χ1n) is 9.84. The highest BCUT2D eigenvalue weighted by Gasteiger charge is 2.65. The fourth-order valence-electron chi connectivity index (χ4n) is 5.36. The van der Waals surface area contributed by atoms with Crippen LogP contribution >= 0.6 is 11.3 Å².